The van der Waals surface area contributed by atoms with Gasteiger partial charge < -0.3 is 10.2 Å². The van der Waals surface area contributed by atoms with Crippen molar-refractivity contribution in [2.75, 3.05) is 19.6 Å². The van der Waals surface area contributed by atoms with Crippen molar-refractivity contribution in [3.63, 3.8) is 0 Å². The highest BCUT2D eigenvalue weighted by molar-refractivity contribution is 5.80. The molecule has 1 N–H and O–H groups in total. The second-order valence-electron chi connectivity index (χ2n) is 5.65. The number of hydrogen-bond donors (Lipinski definition) is 1. The standard InChI is InChI=1S/C17H24N4/c1-3-19-17(21-9-7-14(2)8-10-21)20-13-16-6-4-5-15(11-16)12-18/h4-6,11,14H,3,7-10,13H2,1-2H3,(H,19,20). The predicted molar refractivity (Wildman–Crippen MR) is 85.9 cm³/mol. The Kier molecular flexibility index (Phi) is 5.62. The monoisotopic (exact) mass is 284 g/mol. The Morgan fingerprint density at radius 2 is 2.19 bits per heavy atom. The van der Waals surface area contributed by atoms with Crippen LogP contribution in [0, 0.1) is 17.2 Å². The van der Waals surface area contributed by atoms with E-state index in [9.17, 15) is 0 Å². The first kappa shape index (κ1) is 15.4. The van der Waals surface area contributed by atoms with Gasteiger partial charge in [-0.15, -0.1) is 0 Å². The Morgan fingerprint density at radius 3 is 2.86 bits per heavy atom. The zero-order valence-corrected chi connectivity index (χ0v) is 13.0. The van der Waals surface area contributed by atoms with Crippen molar-refractivity contribution in [1.82, 2.24) is 10.2 Å². The fourth-order valence-corrected chi connectivity index (χ4v) is 2.55. The highest BCUT2D eigenvalue weighted by Gasteiger charge is 2.18. The third-order valence-corrected chi connectivity index (χ3v) is 3.89. The van der Waals surface area contributed by atoms with Gasteiger partial charge in [0.05, 0.1) is 18.2 Å². The van der Waals surface area contributed by atoms with E-state index >= 15 is 0 Å². The van der Waals surface area contributed by atoms with Crippen LogP contribution in [-0.2, 0) is 6.54 Å². The lowest BCUT2D eigenvalue weighted by atomic mass is 10.00. The van der Waals surface area contributed by atoms with E-state index in [2.05, 4.69) is 30.1 Å². The van der Waals surface area contributed by atoms with Crippen LogP contribution in [-0.4, -0.2) is 30.5 Å². The predicted octanol–water partition coefficient (Wildman–Crippen LogP) is 2.76. The molecule has 0 spiro atoms. The molecule has 1 aromatic rings. The summed E-state index contributed by atoms with van der Waals surface area (Å²) in [5, 5.41) is 12.3. The topological polar surface area (TPSA) is 51.4 Å². The van der Waals surface area contributed by atoms with Crippen LogP contribution in [0.15, 0.2) is 29.3 Å². The summed E-state index contributed by atoms with van der Waals surface area (Å²) < 4.78 is 0. The van der Waals surface area contributed by atoms with Crippen LogP contribution >= 0.6 is 0 Å². The number of likely N-dealkylation sites (tertiary alicyclic amines) is 1. The van der Waals surface area contributed by atoms with E-state index in [0.717, 1.165) is 37.1 Å². The van der Waals surface area contributed by atoms with Gasteiger partial charge in [-0.2, -0.15) is 5.26 Å². The zero-order valence-electron chi connectivity index (χ0n) is 13.0. The molecule has 0 atom stereocenters. The molecule has 0 aromatic heterocycles. The smallest absolute Gasteiger partial charge is 0.194 e. The SMILES string of the molecule is CCNC(=NCc1cccc(C#N)c1)N1CCC(C)CC1. The number of benzene rings is 1. The number of nitrogens with zero attached hydrogens (tertiary/aromatic N) is 3. The summed E-state index contributed by atoms with van der Waals surface area (Å²) in [7, 11) is 0. The third kappa shape index (κ3) is 4.49. The summed E-state index contributed by atoms with van der Waals surface area (Å²) in [5.41, 5.74) is 1.77. The number of nitrogens with one attached hydrogen (secondary N) is 1. The van der Waals surface area contributed by atoms with E-state index in [-0.39, 0.29) is 0 Å². The number of aliphatic imine (C=N–C) groups is 1. The van der Waals surface area contributed by atoms with Crippen LogP contribution in [0.5, 0.6) is 0 Å². The Morgan fingerprint density at radius 1 is 1.43 bits per heavy atom. The summed E-state index contributed by atoms with van der Waals surface area (Å²) in [6, 6.07) is 9.84. The molecule has 2 rings (SSSR count). The maximum absolute atomic E-state index is 8.95. The van der Waals surface area contributed by atoms with Crippen LogP contribution in [0.4, 0.5) is 0 Å². The molecule has 1 saturated heterocycles. The lowest BCUT2D eigenvalue weighted by Crippen LogP contribution is -2.45. The molecule has 1 heterocycles. The summed E-state index contributed by atoms with van der Waals surface area (Å²) >= 11 is 0. The van der Waals surface area contributed by atoms with Crippen LogP contribution in [0.25, 0.3) is 0 Å². The van der Waals surface area contributed by atoms with E-state index in [1.807, 2.05) is 24.3 Å². The van der Waals surface area contributed by atoms with Crippen molar-refractivity contribution in [2.24, 2.45) is 10.9 Å². The van der Waals surface area contributed by atoms with E-state index in [1.165, 1.54) is 12.8 Å². The maximum atomic E-state index is 8.95. The molecule has 0 unspecified atom stereocenters. The van der Waals surface area contributed by atoms with Crippen molar-refractivity contribution < 1.29 is 0 Å². The minimum Gasteiger partial charge on any atom is -0.357 e. The average molecular weight is 284 g/mol. The van der Waals surface area contributed by atoms with Gasteiger partial charge >= 0.3 is 0 Å². The first-order valence-electron chi connectivity index (χ1n) is 7.75. The molecule has 0 bridgehead atoms. The fourth-order valence-electron chi connectivity index (χ4n) is 2.55. The molecular formula is C17H24N4. The van der Waals surface area contributed by atoms with Crippen molar-refractivity contribution in [3.05, 3.63) is 35.4 Å². The molecule has 21 heavy (non-hydrogen) atoms. The third-order valence-electron chi connectivity index (χ3n) is 3.89. The van der Waals surface area contributed by atoms with Crippen molar-refractivity contribution in [1.29, 1.82) is 5.26 Å². The van der Waals surface area contributed by atoms with Gasteiger partial charge in [0.2, 0.25) is 0 Å². The minimum atomic E-state index is 0.615. The molecular weight excluding hydrogens is 260 g/mol. The van der Waals surface area contributed by atoms with E-state index in [0.29, 0.717) is 12.1 Å². The molecule has 4 nitrogen and oxygen atoms in total. The molecule has 1 aromatic carbocycles. The summed E-state index contributed by atoms with van der Waals surface area (Å²) in [4.78, 5) is 7.07. The van der Waals surface area contributed by atoms with Gasteiger partial charge in [0.25, 0.3) is 0 Å². The Hall–Kier alpha value is -2.02. The first-order valence-corrected chi connectivity index (χ1v) is 7.75. The normalized spacial score (nSPS) is 16.6. The Balaban J connectivity index is 2.05. The highest BCUT2D eigenvalue weighted by atomic mass is 15.3. The lowest BCUT2D eigenvalue weighted by molar-refractivity contribution is 0.273. The van der Waals surface area contributed by atoms with Gasteiger partial charge in [-0.25, -0.2) is 4.99 Å². The van der Waals surface area contributed by atoms with Crippen LogP contribution in [0.3, 0.4) is 0 Å². The number of rotatable bonds is 3. The summed E-state index contributed by atoms with van der Waals surface area (Å²) in [6.07, 6.45) is 2.46. The van der Waals surface area contributed by atoms with E-state index in [4.69, 9.17) is 10.3 Å². The van der Waals surface area contributed by atoms with Gasteiger partial charge in [-0.3, -0.25) is 0 Å². The van der Waals surface area contributed by atoms with Gasteiger partial charge in [-0.1, -0.05) is 19.1 Å². The summed E-state index contributed by atoms with van der Waals surface area (Å²) in [6.45, 7) is 8.05. The summed E-state index contributed by atoms with van der Waals surface area (Å²) in [5.74, 6) is 1.81. The number of guanidine groups is 1. The molecule has 4 heteroatoms. The average Bonchev–Trinajstić information content (AvgIpc) is 2.52. The van der Waals surface area contributed by atoms with Crippen LogP contribution in [0.2, 0.25) is 0 Å². The van der Waals surface area contributed by atoms with Gasteiger partial charge in [-0.05, 0) is 43.4 Å². The Labute approximate surface area is 127 Å². The maximum Gasteiger partial charge on any atom is 0.194 e. The van der Waals surface area contributed by atoms with Crippen molar-refractivity contribution in [2.45, 2.75) is 33.2 Å². The molecule has 0 aliphatic carbocycles. The largest absolute Gasteiger partial charge is 0.357 e. The second-order valence-corrected chi connectivity index (χ2v) is 5.65. The molecule has 1 aliphatic rings. The zero-order chi connectivity index (χ0) is 15.1. The highest BCUT2D eigenvalue weighted by Crippen LogP contribution is 2.16. The number of hydrogen-bond acceptors (Lipinski definition) is 2. The molecule has 0 amide bonds. The van der Waals surface area contributed by atoms with Crippen molar-refractivity contribution >= 4 is 5.96 Å². The lowest BCUT2D eigenvalue weighted by Gasteiger charge is -2.33. The quantitative estimate of drug-likeness (QED) is 0.686. The molecule has 0 radical (unpaired) electrons. The van der Waals surface area contributed by atoms with Crippen molar-refractivity contribution in [3.8, 4) is 6.07 Å². The van der Waals surface area contributed by atoms with Gasteiger partial charge in [0, 0.05) is 19.6 Å². The minimum absolute atomic E-state index is 0.615. The van der Waals surface area contributed by atoms with Gasteiger partial charge in [0.15, 0.2) is 5.96 Å². The molecule has 112 valence electrons. The first-order chi connectivity index (χ1) is 10.2. The molecule has 1 fully saturated rings. The van der Waals surface area contributed by atoms with E-state index in [1.54, 1.807) is 0 Å². The van der Waals surface area contributed by atoms with E-state index < -0.39 is 0 Å². The molecule has 1 aliphatic heterocycles. The van der Waals surface area contributed by atoms with Crippen LogP contribution < -0.4 is 5.32 Å². The molecule has 0 saturated carbocycles. The number of piperidine rings is 1. The van der Waals surface area contributed by atoms with Crippen LogP contribution in [0.1, 0.15) is 37.8 Å². The second kappa shape index (κ2) is 7.68. The number of nitriles is 1. The fraction of sp³-hybridized carbons (Fsp3) is 0.529. The van der Waals surface area contributed by atoms with Gasteiger partial charge in [0.1, 0.15) is 0 Å². The Bertz CT molecular complexity index is 522.